The average Bonchev–Trinajstić information content (AvgIpc) is 3.46. The van der Waals surface area contributed by atoms with Crippen LogP contribution >= 0.6 is 0 Å². The highest BCUT2D eigenvalue weighted by atomic mass is 15.3. The molecule has 6 aromatic carbocycles. The van der Waals surface area contributed by atoms with Gasteiger partial charge in [0.25, 0.3) is 6.71 Å². The molecule has 0 spiro atoms. The van der Waals surface area contributed by atoms with Crippen LogP contribution in [-0.4, -0.2) is 17.2 Å². The van der Waals surface area contributed by atoms with E-state index in [4.69, 9.17) is 4.98 Å². The summed E-state index contributed by atoms with van der Waals surface area (Å²) in [6.45, 7) is 14.3. The fourth-order valence-corrected chi connectivity index (χ4v) is 11.3. The first-order valence-corrected chi connectivity index (χ1v) is 21.5. The normalized spacial score (nSPS) is 20.1. The van der Waals surface area contributed by atoms with Crippen LogP contribution in [0.3, 0.4) is 0 Å². The number of pyridine rings is 1. The first kappa shape index (κ1) is 36.0. The number of rotatable bonds is 4. The second kappa shape index (κ2) is 13.0. The maximum atomic E-state index is 4.77. The van der Waals surface area contributed by atoms with Gasteiger partial charge in [0.05, 0.1) is 11.2 Å². The van der Waals surface area contributed by atoms with Gasteiger partial charge in [-0.25, -0.2) is 0 Å². The summed E-state index contributed by atoms with van der Waals surface area (Å²) >= 11 is 0. The van der Waals surface area contributed by atoms with Crippen LogP contribution < -0.4 is 31.1 Å². The summed E-state index contributed by atoms with van der Waals surface area (Å²) in [4.78, 5) is 12.6. The van der Waals surface area contributed by atoms with Crippen LogP contribution in [-0.2, 0) is 10.8 Å². The molecule has 0 saturated heterocycles. The van der Waals surface area contributed by atoms with Gasteiger partial charge in [-0.1, -0.05) is 107 Å². The lowest BCUT2D eigenvalue weighted by atomic mass is 9.33. The molecular weight excluding hydrogens is 715 g/mol. The number of hydrogen-bond donors (Lipinski definition) is 0. The Kier molecular flexibility index (Phi) is 7.92. The standard InChI is InChI=1S/C54H51BN4/c1-36-32-49-51-50(33-36)58(40-24-22-38(23-25-40)52(2,3)4)48-35-41(26-27-44(48)55(51)43-18-10-11-20-47(43)57(49)39-16-8-7-9-17-39)59-46-28-21-37(45-19-12-15-31-56-45)34-42(46)53(5)29-13-14-30-54(53,59)6/h7-12,15-28,31-35H,13-14,29-30H2,1-6H3. The zero-order valence-electron chi connectivity index (χ0n) is 35.1. The maximum Gasteiger partial charge on any atom is 0.252 e. The Morgan fingerprint density at radius 1 is 0.576 bits per heavy atom. The van der Waals surface area contributed by atoms with Gasteiger partial charge in [-0.05, 0) is 144 Å². The predicted molar refractivity (Wildman–Crippen MR) is 250 cm³/mol. The first-order chi connectivity index (χ1) is 28.5. The summed E-state index contributed by atoms with van der Waals surface area (Å²) in [5.41, 5.74) is 20.2. The smallest absolute Gasteiger partial charge is 0.252 e. The lowest BCUT2D eigenvalue weighted by Crippen LogP contribution is -2.61. The summed E-state index contributed by atoms with van der Waals surface area (Å²) in [5, 5.41) is 0. The molecule has 1 aliphatic carbocycles. The largest absolute Gasteiger partial charge is 0.334 e. The molecule has 0 radical (unpaired) electrons. The van der Waals surface area contributed by atoms with E-state index in [0.717, 1.165) is 12.1 Å². The number of aromatic nitrogens is 1. The third-order valence-corrected chi connectivity index (χ3v) is 14.4. The van der Waals surface area contributed by atoms with Gasteiger partial charge in [0.15, 0.2) is 0 Å². The summed E-state index contributed by atoms with van der Waals surface area (Å²) in [6.07, 6.45) is 6.69. The summed E-state index contributed by atoms with van der Waals surface area (Å²) in [7, 11) is 0. The van der Waals surface area contributed by atoms with E-state index in [2.05, 4.69) is 196 Å². The van der Waals surface area contributed by atoms with Crippen LogP contribution in [0.4, 0.5) is 45.5 Å². The Hall–Kier alpha value is -6.07. The van der Waals surface area contributed by atoms with Crippen molar-refractivity contribution in [2.75, 3.05) is 14.7 Å². The molecule has 3 aliphatic heterocycles. The quantitative estimate of drug-likeness (QED) is 0.166. The Balaban J connectivity index is 1.16. The minimum Gasteiger partial charge on any atom is -0.334 e. The third-order valence-electron chi connectivity index (χ3n) is 14.4. The van der Waals surface area contributed by atoms with Crippen molar-refractivity contribution in [3.05, 3.63) is 168 Å². The molecule has 0 amide bonds. The summed E-state index contributed by atoms with van der Waals surface area (Å²) in [6, 6.07) is 55.0. The van der Waals surface area contributed by atoms with Crippen LogP contribution in [0.25, 0.3) is 11.3 Å². The van der Waals surface area contributed by atoms with Crippen molar-refractivity contribution in [1.82, 2.24) is 4.98 Å². The molecule has 7 aromatic rings. The molecule has 4 heterocycles. The number of fused-ring (bicyclic) bond motifs is 7. The van der Waals surface area contributed by atoms with Crippen LogP contribution in [0.15, 0.2) is 152 Å². The van der Waals surface area contributed by atoms with Gasteiger partial charge in [0.1, 0.15) is 0 Å². The summed E-state index contributed by atoms with van der Waals surface area (Å²) < 4.78 is 0. The number of anilines is 8. The van der Waals surface area contributed by atoms with E-state index in [1.54, 1.807) is 0 Å². The van der Waals surface area contributed by atoms with Crippen molar-refractivity contribution in [3.63, 3.8) is 0 Å². The van der Waals surface area contributed by atoms with Crippen molar-refractivity contribution in [2.45, 2.75) is 83.6 Å². The molecule has 59 heavy (non-hydrogen) atoms. The molecule has 11 rings (SSSR count). The van der Waals surface area contributed by atoms with E-state index < -0.39 is 0 Å². The van der Waals surface area contributed by atoms with Gasteiger partial charge < -0.3 is 14.7 Å². The predicted octanol–water partition coefficient (Wildman–Crippen LogP) is 12.2. The van der Waals surface area contributed by atoms with E-state index in [1.165, 1.54) is 103 Å². The molecule has 4 aliphatic rings. The van der Waals surface area contributed by atoms with Crippen molar-refractivity contribution >= 4 is 68.6 Å². The van der Waals surface area contributed by atoms with E-state index in [1.807, 2.05) is 12.3 Å². The first-order valence-electron chi connectivity index (χ1n) is 21.5. The second-order valence-corrected chi connectivity index (χ2v) is 18.9. The molecule has 5 heteroatoms. The van der Waals surface area contributed by atoms with Crippen molar-refractivity contribution < 1.29 is 0 Å². The Morgan fingerprint density at radius 2 is 1.24 bits per heavy atom. The number of para-hydroxylation sites is 2. The van der Waals surface area contributed by atoms with Crippen molar-refractivity contribution in [1.29, 1.82) is 0 Å². The fraction of sp³-hybridized carbons (Fsp3) is 0.241. The number of aryl methyl sites for hydroxylation is 1. The molecule has 0 N–H and O–H groups in total. The Labute approximate surface area is 350 Å². The molecule has 1 aromatic heterocycles. The molecule has 0 bridgehead atoms. The van der Waals surface area contributed by atoms with Crippen molar-refractivity contribution in [2.24, 2.45) is 0 Å². The second-order valence-electron chi connectivity index (χ2n) is 18.9. The Morgan fingerprint density at radius 3 is 1.98 bits per heavy atom. The zero-order valence-corrected chi connectivity index (χ0v) is 35.1. The topological polar surface area (TPSA) is 22.6 Å². The van der Waals surface area contributed by atoms with Crippen LogP contribution in [0, 0.1) is 6.92 Å². The van der Waals surface area contributed by atoms with Gasteiger partial charge in [0.2, 0.25) is 0 Å². The van der Waals surface area contributed by atoms with Gasteiger partial charge >= 0.3 is 0 Å². The Bertz CT molecular complexity index is 2770. The number of nitrogens with zero attached hydrogens (tertiary/aromatic N) is 4. The average molecular weight is 767 g/mol. The number of benzene rings is 6. The van der Waals surface area contributed by atoms with E-state index in [-0.39, 0.29) is 23.1 Å². The molecule has 1 saturated carbocycles. The maximum absolute atomic E-state index is 4.77. The third kappa shape index (κ3) is 5.26. The highest BCUT2D eigenvalue weighted by Gasteiger charge is 2.58. The molecule has 2 atom stereocenters. The zero-order chi connectivity index (χ0) is 40.3. The SMILES string of the molecule is Cc1cc2c3c(c1)N(c1ccc(C(C)(C)C)cc1)c1cc(N4c5ccc(-c6ccccn6)cc5C5(C)CCCCC45C)ccc1B3c1ccccc1N2c1ccccc1. The lowest BCUT2D eigenvalue weighted by Gasteiger charge is -2.50. The highest BCUT2D eigenvalue weighted by Crippen LogP contribution is 2.61. The van der Waals surface area contributed by atoms with Gasteiger partial charge in [0, 0.05) is 62.7 Å². The fourth-order valence-electron chi connectivity index (χ4n) is 11.3. The van der Waals surface area contributed by atoms with Gasteiger partial charge in [-0.2, -0.15) is 0 Å². The monoisotopic (exact) mass is 766 g/mol. The van der Waals surface area contributed by atoms with Crippen molar-refractivity contribution in [3.8, 4) is 11.3 Å². The molecule has 1 fully saturated rings. The lowest BCUT2D eigenvalue weighted by molar-refractivity contribution is 0.195. The van der Waals surface area contributed by atoms with Gasteiger partial charge in [-0.15, -0.1) is 0 Å². The van der Waals surface area contributed by atoms with Gasteiger partial charge in [-0.3, -0.25) is 4.98 Å². The van der Waals surface area contributed by atoms with Crippen LogP contribution in [0.2, 0.25) is 0 Å². The highest BCUT2D eigenvalue weighted by molar-refractivity contribution is 7.00. The molecule has 290 valence electrons. The van der Waals surface area contributed by atoms with E-state index in [0.29, 0.717) is 0 Å². The minimum absolute atomic E-state index is 0.00836. The summed E-state index contributed by atoms with van der Waals surface area (Å²) in [5.74, 6) is 0. The molecular formula is C54H51BN4. The minimum atomic E-state index is -0.0896. The molecule has 4 nitrogen and oxygen atoms in total. The van der Waals surface area contributed by atoms with Crippen LogP contribution in [0.1, 0.15) is 77.0 Å². The van der Waals surface area contributed by atoms with E-state index >= 15 is 0 Å². The van der Waals surface area contributed by atoms with Crippen LogP contribution in [0.5, 0.6) is 0 Å². The number of hydrogen-bond acceptors (Lipinski definition) is 4. The van der Waals surface area contributed by atoms with E-state index in [9.17, 15) is 0 Å². The molecule has 2 unspecified atom stereocenters.